The Morgan fingerprint density at radius 2 is 1.00 bits per heavy atom. The highest BCUT2D eigenvalue weighted by atomic mass is 16.6. The predicted octanol–water partition coefficient (Wildman–Crippen LogP) is 0.978. The van der Waals surface area contributed by atoms with Crippen molar-refractivity contribution >= 4 is 23.9 Å². The third-order valence-electron chi connectivity index (χ3n) is 4.05. The summed E-state index contributed by atoms with van der Waals surface area (Å²) >= 11 is 0. The number of nitrogens with two attached hydrogens (primary N) is 2. The molecule has 164 valence electrons. The van der Waals surface area contributed by atoms with Crippen molar-refractivity contribution in [3.8, 4) is 0 Å². The standard InChI is InChI=1S/C22H24N2O7/c23-17(21(27)29-13-15-7-3-1-4-8-15)11-19(25)31-20(26)12-18(24)22(28)30-14-16-9-5-2-6-10-16/h1-10,17-18H,11-14,23-24H2. The third-order valence-corrected chi connectivity index (χ3v) is 4.05. The molecule has 2 aromatic carbocycles. The van der Waals surface area contributed by atoms with E-state index >= 15 is 0 Å². The number of hydrogen-bond acceptors (Lipinski definition) is 9. The lowest BCUT2D eigenvalue weighted by Crippen LogP contribution is -2.37. The summed E-state index contributed by atoms with van der Waals surface area (Å²) in [6.07, 6.45) is -1.12. The molecule has 2 aromatic rings. The van der Waals surface area contributed by atoms with Crippen LogP contribution in [0.15, 0.2) is 60.7 Å². The Hall–Kier alpha value is -3.56. The van der Waals surface area contributed by atoms with Gasteiger partial charge in [-0.1, -0.05) is 60.7 Å². The minimum absolute atomic E-state index is 0.00129. The fourth-order valence-corrected chi connectivity index (χ4v) is 2.41. The van der Waals surface area contributed by atoms with Crippen molar-refractivity contribution < 1.29 is 33.4 Å². The average molecular weight is 428 g/mol. The van der Waals surface area contributed by atoms with E-state index in [1.807, 2.05) is 12.1 Å². The second kappa shape index (κ2) is 12.2. The first-order valence-corrected chi connectivity index (χ1v) is 9.51. The molecule has 31 heavy (non-hydrogen) atoms. The maximum absolute atomic E-state index is 11.9. The summed E-state index contributed by atoms with van der Waals surface area (Å²) < 4.78 is 14.6. The fraction of sp³-hybridized carbons (Fsp3) is 0.273. The van der Waals surface area contributed by atoms with Gasteiger partial charge in [-0.15, -0.1) is 0 Å². The van der Waals surface area contributed by atoms with Gasteiger partial charge in [0, 0.05) is 0 Å². The monoisotopic (exact) mass is 428 g/mol. The van der Waals surface area contributed by atoms with Crippen molar-refractivity contribution in [3.63, 3.8) is 0 Å². The van der Waals surface area contributed by atoms with Crippen LogP contribution in [0.3, 0.4) is 0 Å². The molecule has 0 aliphatic heterocycles. The Morgan fingerprint density at radius 3 is 1.35 bits per heavy atom. The van der Waals surface area contributed by atoms with Crippen LogP contribution in [0, 0.1) is 0 Å². The highest BCUT2D eigenvalue weighted by Crippen LogP contribution is 2.05. The summed E-state index contributed by atoms with van der Waals surface area (Å²) in [7, 11) is 0. The minimum atomic E-state index is -1.30. The molecule has 0 radical (unpaired) electrons. The second-order valence-corrected chi connectivity index (χ2v) is 6.65. The molecule has 0 bridgehead atoms. The first-order chi connectivity index (χ1) is 14.8. The molecule has 2 rings (SSSR count). The van der Waals surface area contributed by atoms with Gasteiger partial charge in [-0.2, -0.15) is 0 Å². The van der Waals surface area contributed by atoms with Gasteiger partial charge in [-0.25, -0.2) is 0 Å². The maximum atomic E-state index is 11.9. The van der Waals surface area contributed by atoms with Crippen molar-refractivity contribution in [3.05, 3.63) is 71.8 Å². The van der Waals surface area contributed by atoms with Gasteiger partial charge in [0.2, 0.25) is 0 Å². The molecule has 0 aromatic heterocycles. The lowest BCUT2D eigenvalue weighted by Gasteiger charge is -2.12. The van der Waals surface area contributed by atoms with Gasteiger partial charge in [0.25, 0.3) is 0 Å². The van der Waals surface area contributed by atoms with Crippen LogP contribution in [0.4, 0.5) is 0 Å². The summed E-state index contributed by atoms with van der Waals surface area (Å²) in [5.41, 5.74) is 12.8. The Bertz CT molecular complexity index is 814. The lowest BCUT2D eigenvalue weighted by atomic mass is 10.2. The zero-order valence-electron chi connectivity index (χ0n) is 16.8. The molecule has 2 atom stereocenters. The molecule has 0 amide bonds. The van der Waals surface area contributed by atoms with Gasteiger partial charge in [0.1, 0.15) is 25.3 Å². The molecule has 0 aliphatic rings. The number of ether oxygens (including phenoxy) is 3. The number of carbonyl (C=O) groups excluding carboxylic acids is 4. The molecule has 0 fully saturated rings. The smallest absolute Gasteiger partial charge is 0.323 e. The first kappa shape index (κ1) is 23.7. The van der Waals surface area contributed by atoms with Crippen LogP contribution in [0.1, 0.15) is 24.0 Å². The van der Waals surface area contributed by atoms with Crippen molar-refractivity contribution in [2.75, 3.05) is 0 Å². The van der Waals surface area contributed by atoms with Crippen LogP contribution in [-0.2, 0) is 46.6 Å². The number of carbonyl (C=O) groups is 4. The Morgan fingerprint density at radius 1 is 0.645 bits per heavy atom. The van der Waals surface area contributed by atoms with E-state index in [1.54, 1.807) is 48.5 Å². The molecule has 0 spiro atoms. The number of benzene rings is 2. The minimum Gasteiger partial charge on any atom is -0.460 e. The molecule has 2 unspecified atom stereocenters. The normalized spacial score (nSPS) is 12.3. The molecule has 0 saturated heterocycles. The molecule has 9 heteroatoms. The van der Waals surface area contributed by atoms with Crippen LogP contribution in [-0.4, -0.2) is 36.0 Å². The Labute approximate surface area is 179 Å². The highest BCUT2D eigenvalue weighted by Gasteiger charge is 2.25. The van der Waals surface area contributed by atoms with E-state index in [9.17, 15) is 19.2 Å². The molecular weight excluding hydrogens is 404 g/mol. The van der Waals surface area contributed by atoms with Gasteiger partial charge < -0.3 is 25.7 Å². The third kappa shape index (κ3) is 8.77. The summed E-state index contributed by atoms with van der Waals surface area (Å²) in [4.78, 5) is 47.4. The molecular formula is C22H24N2O7. The summed E-state index contributed by atoms with van der Waals surface area (Å²) in [5, 5.41) is 0. The zero-order valence-corrected chi connectivity index (χ0v) is 16.8. The van der Waals surface area contributed by atoms with Gasteiger partial charge in [-0.3, -0.25) is 19.2 Å². The SMILES string of the molecule is NC(CC(=O)OC(=O)CC(N)C(=O)OCc1ccccc1)C(=O)OCc1ccccc1. The van der Waals surface area contributed by atoms with Crippen LogP contribution in [0.25, 0.3) is 0 Å². The van der Waals surface area contributed by atoms with Crippen LogP contribution in [0.2, 0.25) is 0 Å². The van der Waals surface area contributed by atoms with Crippen molar-refractivity contribution in [1.82, 2.24) is 0 Å². The lowest BCUT2D eigenvalue weighted by molar-refractivity contribution is -0.164. The Kier molecular flexibility index (Phi) is 9.34. The van der Waals surface area contributed by atoms with Crippen LogP contribution in [0.5, 0.6) is 0 Å². The number of hydrogen-bond donors (Lipinski definition) is 2. The average Bonchev–Trinajstić information content (AvgIpc) is 2.76. The van der Waals surface area contributed by atoms with Gasteiger partial charge >= 0.3 is 23.9 Å². The van der Waals surface area contributed by atoms with E-state index in [0.29, 0.717) is 0 Å². The molecule has 0 saturated carbocycles. The number of rotatable bonds is 10. The van der Waals surface area contributed by atoms with Crippen molar-refractivity contribution in [2.24, 2.45) is 11.5 Å². The molecule has 0 aliphatic carbocycles. The van der Waals surface area contributed by atoms with E-state index in [0.717, 1.165) is 11.1 Å². The topological polar surface area (TPSA) is 148 Å². The predicted molar refractivity (Wildman–Crippen MR) is 109 cm³/mol. The van der Waals surface area contributed by atoms with Crippen molar-refractivity contribution in [1.29, 1.82) is 0 Å². The van der Waals surface area contributed by atoms with Crippen LogP contribution >= 0.6 is 0 Å². The molecule has 4 N–H and O–H groups in total. The van der Waals surface area contributed by atoms with E-state index in [1.165, 1.54) is 0 Å². The zero-order chi connectivity index (χ0) is 22.6. The summed E-state index contributed by atoms with van der Waals surface area (Å²) in [5.74, 6) is -3.68. The van der Waals surface area contributed by atoms with E-state index in [2.05, 4.69) is 4.74 Å². The highest BCUT2D eigenvalue weighted by molar-refractivity contribution is 5.91. The quantitative estimate of drug-likeness (QED) is 0.321. The first-order valence-electron chi connectivity index (χ1n) is 9.51. The van der Waals surface area contributed by atoms with Gasteiger partial charge in [0.05, 0.1) is 12.8 Å². The summed E-state index contributed by atoms with van der Waals surface area (Å²) in [6, 6.07) is 15.2. The summed E-state index contributed by atoms with van der Waals surface area (Å²) in [6.45, 7) is 0.00258. The van der Waals surface area contributed by atoms with Gasteiger partial charge in [-0.05, 0) is 11.1 Å². The Balaban J connectivity index is 1.68. The van der Waals surface area contributed by atoms with E-state index in [4.69, 9.17) is 20.9 Å². The van der Waals surface area contributed by atoms with Crippen LogP contribution < -0.4 is 11.5 Å². The van der Waals surface area contributed by atoms with Gasteiger partial charge in [0.15, 0.2) is 0 Å². The largest absolute Gasteiger partial charge is 0.460 e. The molecule has 9 nitrogen and oxygen atoms in total. The second-order valence-electron chi connectivity index (χ2n) is 6.65. The van der Waals surface area contributed by atoms with E-state index < -0.39 is 48.8 Å². The van der Waals surface area contributed by atoms with Crippen molar-refractivity contribution in [2.45, 2.75) is 38.1 Å². The number of esters is 4. The van der Waals surface area contributed by atoms with E-state index in [-0.39, 0.29) is 13.2 Å². The molecule has 0 heterocycles. The maximum Gasteiger partial charge on any atom is 0.323 e. The fourth-order valence-electron chi connectivity index (χ4n) is 2.41.